The number of fused-ring (bicyclic) bond motifs is 1. The molecule has 0 saturated heterocycles. The van der Waals surface area contributed by atoms with E-state index in [-0.39, 0.29) is 5.91 Å². The summed E-state index contributed by atoms with van der Waals surface area (Å²) >= 11 is 0. The number of pyridine rings is 1. The molecule has 5 nitrogen and oxygen atoms in total. The first-order valence-electron chi connectivity index (χ1n) is 8.46. The lowest BCUT2D eigenvalue weighted by Crippen LogP contribution is -2.14. The number of hydrogen-bond donors (Lipinski definition) is 1. The summed E-state index contributed by atoms with van der Waals surface area (Å²) in [6, 6.07) is 15.6. The number of benzene rings is 1. The van der Waals surface area contributed by atoms with E-state index in [1.165, 1.54) is 0 Å². The van der Waals surface area contributed by atoms with Crippen molar-refractivity contribution in [2.24, 2.45) is 0 Å². The average molecular weight is 345 g/mol. The minimum absolute atomic E-state index is 0.208. The van der Waals surface area contributed by atoms with Crippen LogP contribution in [0.2, 0.25) is 0 Å². The second kappa shape index (κ2) is 6.19. The molecular formula is C21H19N3O2. The van der Waals surface area contributed by atoms with Gasteiger partial charge in [0.05, 0.1) is 5.56 Å². The SMILES string of the molecule is Cc1cc(C(=O)Nc2c(-c3ccccc3)nc3c(C)cccn23)c(C)o1. The van der Waals surface area contributed by atoms with Crippen LogP contribution in [0.4, 0.5) is 5.82 Å². The number of imidazole rings is 1. The van der Waals surface area contributed by atoms with Crippen LogP contribution in [-0.4, -0.2) is 15.3 Å². The van der Waals surface area contributed by atoms with Gasteiger partial charge in [-0.2, -0.15) is 0 Å². The van der Waals surface area contributed by atoms with Crippen molar-refractivity contribution in [2.45, 2.75) is 20.8 Å². The van der Waals surface area contributed by atoms with E-state index < -0.39 is 0 Å². The zero-order chi connectivity index (χ0) is 18.3. The number of nitrogens with zero attached hydrogens (tertiary/aromatic N) is 2. The molecule has 0 bridgehead atoms. The number of furan rings is 1. The number of amides is 1. The number of aryl methyl sites for hydroxylation is 3. The first kappa shape index (κ1) is 16.1. The van der Waals surface area contributed by atoms with Crippen molar-refractivity contribution >= 4 is 17.4 Å². The van der Waals surface area contributed by atoms with Gasteiger partial charge >= 0.3 is 0 Å². The van der Waals surface area contributed by atoms with E-state index in [1.807, 2.05) is 66.9 Å². The molecule has 5 heteroatoms. The third-order valence-corrected chi connectivity index (χ3v) is 4.41. The molecule has 0 atom stereocenters. The summed E-state index contributed by atoms with van der Waals surface area (Å²) in [5.41, 5.74) is 4.09. The second-order valence-corrected chi connectivity index (χ2v) is 6.34. The quantitative estimate of drug-likeness (QED) is 0.582. The lowest BCUT2D eigenvalue weighted by Gasteiger charge is -2.07. The zero-order valence-corrected chi connectivity index (χ0v) is 14.9. The van der Waals surface area contributed by atoms with Crippen molar-refractivity contribution in [3.05, 3.63) is 77.4 Å². The van der Waals surface area contributed by atoms with Gasteiger partial charge in [-0.3, -0.25) is 9.20 Å². The molecule has 26 heavy (non-hydrogen) atoms. The first-order chi connectivity index (χ1) is 12.5. The number of nitrogens with one attached hydrogen (secondary N) is 1. The van der Waals surface area contributed by atoms with Gasteiger partial charge in [0.2, 0.25) is 0 Å². The fourth-order valence-electron chi connectivity index (χ4n) is 3.15. The Morgan fingerprint density at radius 3 is 2.54 bits per heavy atom. The molecule has 0 radical (unpaired) electrons. The van der Waals surface area contributed by atoms with Crippen LogP contribution in [0.1, 0.15) is 27.4 Å². The molecule has 0 saturated carbocycles. The van der Waals surface area contributed by atoms with Crippen LogP contribution < -0.4 is 5.32 Å². The summed E-state index contributed by atoms with van der Waals surface area (Å²) in [5.74, 6) is 1.76. The smallest absolute Gasteiger partial charge is 0.260 e. The maximum Gasteiger partial charge on any atom is 0.260 e. The van der Waals surface area contributed by atoms with Crippen molar-refractivity contribution in [2.75, 3.05) is 5.32 Å². The second-order valence-electron chi connectivity index (χ2n) is 6.34. The highest BCUT2D eigenvalue weighted by molar-refractivity contribution is 6.06. The molecule has 3 aromatic heterocycles. The van der Waals surface area contributed by atoms with Crippen molar-refractivity contribution in [3.8, 4) is 11.3 Å². The van der Waals surface area contributed by atoms with Gasteiger partial charge < -0.3 is 9.73 Å². The molecule has 0 unspecified atom stereocenters. The third kappa shape index (κ3) is 2.67. The Balaban J connectivity index is 1.86. The summed E-state index contributed by atoms with van der Waals surface area (Å²) in [6.45, 7) is 5.63. The van der Waals surface area contributed by atoms with Gasteiger partial charge in [-0.15, -0.1) is 0 Å². The fraction of sp³-hybridized carbons (Fsp3) is 0.143. The molecule has 4 rings (SSSR count). The molecule has 0 aliphatic heterocycles. The number of carbonyl (C=O) groups excluding carboxylic acids is 1. The predicted molar refractivity (Wildman–Crippen MR) is 102 cm³/mol. The molecule has 0 aliphatic carbocycles. The standard InChI is InChI=1S/C21H19N3O2/c1-13-8-7-11-24-19(13)22-18(16-9-5-4-6-10-16)20(24)23-21(25)17-12-14(2)26-15(17)3/h4-12H,1-3H3,(H,23,25). The van der Waals surface area contributed by atoms with E-state index in [1.54, 1.807) is 13.0 Å². The Kier molecular flexibility index (Phi) is 3.84. The Labute approximate surface area is 151 Å². The summed E-state index contributed by atoms with van der Waals surface area (Å²) in [6.07, 6.45) is 1.91. The Hall–Kier alpha value is -3.34. The zero-order valence-electron chi connectivity index (χ0n) is 14.9. The van der Waals surface area contributed by atoms with Crippen molar-refractivity contribution in [1.29, 1.82) is 0 Å². The van der Waals surface area contributed by atoms with E-state index in [2.05, 4.69) is 5.32 Å². The molecule has 1 aromatic carbocycles. The van der Waals surface area contributed by atoms with Crippen LogP contribution in [0, 0.1) is 20.8 Å². The van der Waals surface area contributed by atoms with Gasteiger partial charge in [-0.05, 0) is 38.5 Å². The van der Waals surface area contributed by atoms with E-state index in [9.17, 15) is 4.79 Å². The normalized spacial score (nSPS) is 11.0. The number of aromatic nitrogens is 2. The lowest BCUT2D eigenvalue weighted by atomic mass is 10.1. The average Bonchev–Trinajstić information content (AvgIpc) is 3.17. The van der Waals surface area contributed by atoms with Gasteiger partial charge in [0, 0.05) is 11.8 Å². The van der Waals surface area contributed by atoms with Crippen molar-refractivity contribution < 1.29 is 9.21 Å². The first-order valence-corrected chi connectivity index (χ1v) is 8.46. The third-order valence-electron chi connectivity index (χ3n) is 4.41. The van der Waals surface area contributed by atoms with Crippen LogP contribution in [0.15, 0.2) is 59.1 Å². The summed E-state index contributed by atoms with van der Waals surface area (Å²) < 4.78 is 7.41. The Bertz CT molecular complexity index is 1110. The highest BCUT2D eigenvalue weighted by atomic mass is 16.3. The molecule has 3 heterocycles. The van der Waals surface area contributed by atoms with Gasteiger partial charge in [0.15, 0.2) is 0 Å². The van der Waals surface area contributed by atoms with E-state index in [0.717, 1.165) is 22.5 Å². The molecule has 0 fully saturated rings. The number of anilines is 1. The van der Waals surface area contributed by atoms with Gasteiger partial charge in [0.25, 0.3) is 5.91 Å². The minimum atomic E-state index is -0.208. The predicted octanol–water partition coefficient (Wildman–Crippen LogP) is 4.77. The maximum atomic E-state index is 12.8. The minimum Gasteiger partial charge on any atom is -0.466 e. The molecule has 4 aromatic rings. The highest BCUT2D eigenvalue weighted by Crippen LogP contribution is 2.30. The maximum absolute atomic E-state index is 12.8. The van der Waals surface area contributed by atoms with Crippen LogP contribution in [0.25, 0.3) is 16.9 Å². The molecule has 0 aliphatic rings. The summed E-state index contributed by atoms with van der Waals surface area (Å²) in [7, 11) is 0. The van der Waals surface area contributed by atoms with Crippen molar-refractivity contribution in [3.63, 3.8) is 0 Å². The topological polar surface area (TPSA) is 59.5 Å². The van der Waals surface area contributed by atoms with E-state index in [0.29, 0.717) is 22.9 Å². The number of hydrogen-bond acceptors (Lipinski definition) is 3. The Morgan fingerprint density at radius 1 is 1.08 bits per heavy atom. The molecule has 1 N–H and O–H groups in total. The number of carbonyl (C=O) groups is 1. The lowest BCUT2D eigenvalue weighted by molar-refractivity contribution is 0.102. The van der Waals surface area contributed by atoms with Crippen LogP contribution in [-0.2, 0) is 0 Å². The molecule has 130 valence electrons. The van der Waals surface area contributed by atoms with Crippen LogP contribution in [0.3, 0.4) is 0 Å². The van der Waals surface area contributed by atoms with Gasteiger partial charge in [0.1, 0.15) is 28.7 Å². The number of rotatable bonds is 3. The largest absolute Gasteiger partial charge is 0.466 e. The van der Waals surface area contributed by atoms with Crippen LogP contribution in [0.5, 0.6) is 0 Å². The summed E-state index contributed by atoms with van der Waals surface area (Å²) in [5, 5.41) is 3.03. The van der Waals surface area contributed by atoms with Crippen LogP contribution >= 0.6 is 0 Å². The van der Waals surface area contributed by atoms with E-state index in [4.69, 9.17) is 9.40 Å². The molecule has 0 spiro atoms. The molecule has 1 amide bonds. The summed E-state index contributed by atoms with van der Waals surface area (Å²) in [4.78, 5) is 17.6. The van der Waals surface area contributed by atoms with E-state index >= 15 is 0 Å². The molecular weight excluding hydrogens is 326 g/mol. The highest BCUT2D eigenvalue weighted by Gasteiger charge is 2.20. The fourth-order valence-corrected chi connectivity index (χ4v) is 3.15. The van der Waals surface area contributed by atoms with Crippen molar-refractivity contribution in [1.82, 2.24) is 9.38 Å². The Morgan fingerprint density at radius 2 is 1.85 bits per heavy atom. The van der Waals surface area contributed by atoms with Gasteiger partial charge in [-0.1, -0.05) is 36.4 Å². The monoisotopic (exact) mass is 345 g/mol. The van der Waals surface area contributed by atoms with Gasteiger partial charge in [-0.25, -0.2) is 4.98 Å².